The van der Waals surface area contributed by atoms with Crippen LogP contribution in [-0.4, -0.2) is 49.7 Å². The third kappa shape index (κ3) is 3.27. The first-order valence-electron chi connectivity index (χ1n) is 10.4. The maximum absolute atomic E-state index is 13.4. The quantitative estimate of drug-likeness (QED) is 0.494. The Balaban J connectivity index is 1.64. The Morgan fingerprint density at radius 1 is 0.968 bits per heavy atom. The Morgan fingerprint density at radius 3 is 2.29 bits per heavy atom. The van der Waals surface area contributed by atoms with Crippen molar-refractivity contribution >= 4 is 28.6 Å². The highest BCUT2D eigenvalue weighted by atomic mass is 16.3. The van der Waals surface area contributed by atoms with Crippen molar-refractivity contribution in [2.75, 3.05) is 49.2 Å². The van der Waals surface area contributed by atoms with E-state index < -0.39 is 0 Å². The van der Waals surface area contributed by atoms with Gasteiger partial charge in [0.05, 0.1) is 35.3 Å². The molecule has 1 aromatic heterocycles. The van der Waals surface area contributed by atoms with Gasteiger partial charge in [-0.05, 0) is 25.2 Å². The molecule has 3 N–H and O–H groups in total. The zero-order valence-electron chi connectivity index (χ0n) is 17.4. The zero-order chi connectivity index (χ0) is 21.5. The fraction of sp³-hybridized carbons (Fsp3) is 0.250. The van der Waals surface area contributed by atoms with Crippen molar-refractivity contribution in [3.8, 4) is 0 Å². The molecule has 7 heteroatoms. The molecule has 2 aliphatic rings. The molecule has 0 amide bonds. The van der Waals surface area contributed by atoms with Gasteiger partial charge in [0, 0.05) is 43.0 Å². The van der Waals surface area contributed by atoms with E-state index in [1.807, 2.05) is 18.2 Å². The molecule has 0 saturated carbocycles. The predicted molar refractivity (Wildman–Crippen MR) is 120 cm³/mol. The predicted octanol–water partition coefficient (Wildman–Crippen LogP) is 3.00. The highest BCUT2D eigenvalue weighted by Crippen LogP contribution is 2.41. The van der Waals surface area contributed by atoms with Crippen LogP contribution in [0.2, 0.25) is 0 Å². The van der Waals surface area contributed by atoms with Crippen LogP contribution in [0.5, 0.6) is 0 Å². The van der Waals surface area contributed by atoms with Gasteiger partial charge < -0.3 is 25.3 Å². The molecule has 1 saturated heterocycles. The number of nitrogens with two attached hydrogens (primary N) is 1. The molecule has 5 rings (SSSR count). The van der Waals surface area contributed by atoms with Crippen molar-refractivity contribution in [3.63, 3.8) is 0 Å². The molecular formula is C24H24N4O3. The molecule has 2 aromatic carbocycles. The van der Waals surface area contributed by atoms with Gasteiger partial charge in [0.25, 0.3) is 0 Å². The lowest BCUT2D eigenvalue weighted by atomic mass is 9.81. The molecular weight excluding hydrogens is 392 g/mol. The van der Waals surface area contributed by atoms with Crippen molar-refractivity contribution in [2.24, 2.45) is 0 Å². The molecule has 7 nitrogen and oxygen atoms in total. The van der Waals surface area contributed by atoms with E-state index in [9.17, 15) is 9.59 Å². The van der Waals surface area contributed by atoms with Crippen molar-refractivity contribution in [3.05, 3.63) is 76.7 Å². The fourth-order valence-corrected chi connectivity index (χ4v) is 4.35. The number of anilines is 3. The topological polar surface area (TPSA) is 91.8 Å². The summed E-state index contributed by atoms with van der Waals surface area (Å²) in [7, 11) is 2.09. The maximum Gasteiger partial charge on any atom is 0.196 e. The number of piperazine rings is 1. The summed E-state index contributed by atoms with van der Waals surface area (Å²) >= 11 is 0. The Labute approximate surface area is 180 Å². The molecule has 1 aliphatic heterocycles. The number of fused-ring (bicyclic) bond motifs is 2. The number of carbonyl (C=O) groups excluding carboxylic acids is 2. The summed E-state index contributed by atoms with van der Waals surface area (Å²) < 4.78 is 5.43. The van der Waals surface area contributed by atoms with Crippen molar-refractivity contribution in [2.45, 2.75) is 6.54 Å². The van der Waals surface area contributed by atoms with Gasteiger partial charge in [-0.2, -0.15) is 0 Å². The highest BCUT2D eigenvalue weighted by Gasteiger charge is 2.35. The molecule has 1 fully saturated rings. The molecule has 158 valence electrons. The zero-order valence-corrected chi connectivity index (χ0v) is 17.4. The number of nitrogens with zero attached hydrogens (tertiary/aromatic N) is 2. The number of hydrogen-bond donors (Lipinski definition) is 2. The number of furan rings is 1. The van der Waals surface area contributed by atoms with Crippen molar-refractivity contribution in [1.29, 1.82) is 0 Å². The molecule has 0 spiro atoms. The van der Waals surface area contributed by atoms with Gasteiger partial charge in [0.1, 0.15) is 5.76 Å². The summed E-state index contributed by atoms with van der Waals surface area (Å²) in [6.45, 7) is 3.81. The molecule has 0 bridgehead atoms. The summed E-state index contributed by atoms with van der Waals surface area (Å²) in [5.41, 5.74) is 9.77. The highest BCUT2D eigenvalue weighted by molar-refractivity contribution is 6.32. The van der Waals surface area contributed by atoms with Gasteiger partial charge in [0.2, 0.25) is 0 Å². The normalized spacial score (nSPS) is 16.2. The molecule has 0 atom stereocenters. The standard InChI is InChI=1S/C24H24N4O3/c1-27-8-10-28(11-9-27)19-13-18(26-14-15-5-4-12-31-15)20-21(22(19)25)24(30)17-7-3-2-6-16(17)23(20)29/h2-7,12-13,26H,8-11,14,25H2,1H3. The van der Waals surface area contributed by atoms with Crippen LogP contribution in [0.1, 0.15) is 37.6 Å². The second kappa shape index (κ2) is 7.59. The van der Waals surface area contributed by atoms with Crippen LogP contribution < -0.4 is 16.0 Å². The second-order valence-electron chi connectivity index (χ2n) is 8.03. The van der Waals surface area contributed by atoms with E-state index in [2.05, 4.69) is 22.2 Å². The van der Waals surface area contributed by atoms with Gasteiger partial charge in [0.15, 0.2) is 11.6 Å². The summed E-state index contributed by atoms with van der Waals surface area (Å²) in [6, 6.07) is 12.5. The van der Waals surface area contributed by atoms with Crippen LogP contribution in [-0.2, 0) is 6.54 Å². The SMILES string of the molecule is CN1CCN(c2cc(NCc3ccco3)c3c(c2N)C(=O)c2ccccc2C3=O)CC1. The number of hydrogen-bond acceptors (Lipinski definition) is 7. The van der Waals surface area contributed by atoms with Crippen LogP contribution in [0.4, 0.5) is 17.1 Å². The average Bonchev–Trinajstić information content (AvgIpc) is 3.31. The molecule has 2 heterocycles. The van der Waals surface area contributed by atoms with Crippen LogP contribution in [0.3, 0.4) is 0 Å². The number of carbonyl (C=O) groups is 2. The molecule has 31 heavy (non-hydrogen) atoms. The van der Waals surface area contributed by atoms with Gasteiger partial charge in [-0.1, -0.05) is 24.3 Å². The largest absolute Gasteiger partial charge is 0.467 e. The lowest BCUT2D eigenvalue weighted by Gasteiger charge is -2.36. The van der Waals surface area contributed by atoms with Crippen LogP contribution in [0.15, 0.2) is 53.1 Å². The first-order valence-corrected chi connectivity index (χ1v) is 10.4. The van der Waals surface area contributed by atoms with E-state index in [1.54, 1.807) is 30.5 Å². The van der Waals surface area contributed by atoms with E-state index in [0.717, 1.165) is 37.6 Å². The number of likely N-dealkylation sites (N-methyl/N-ethyl adjacent to an activating group) is 1. The van der Waals surface area contributed by atoms with E-state index in [4.69, 9.17) is 10.2 Å². The van der Waals surface area contributed by atoms with Crippen LogP contribution in [0.25, 0.3) is 0 Å². The average molecular weight is 416 g/mol. The van der Waals surface area contributed by atoms with E-state index >= 15 is 0 Å². The number of nitrogen functional groups attached to an aromatic ring is 1. The van der Waals surface area contributed by atoms with Crippen LogP contribution in [0, 0.1) is 0 Å². The first-order chi connectivity index (χ1) is 15.0. The summed E-state index contributed by atoms with van der Waals surface area (Å²) in [5, 5.41) is 3.31. The van der Waals surface area contributed by atoms with E-state index in [-0.39, 0.29) is 11.6 Å². The Hall–Kier alpha value is -3.58. The number of nitrogens with one attached hydrogen (secondary N) is 1. The third-order valence-corrected chi connectivity index (χ3v) is 6.09. The summed E-state index contributed by atoms with van der Waals surface area (Å²) in [6.07, 6.45) is 1.61. The smallest absolute Gasteiger partial charge is 0.196 e. The minimum atomic E-state index is -0.209. The lowest BCUT2D eigenvalue weighted by Crippen LogP contribution is -2.45. The van der Waals surface area contributed by atoms with Crippen LogP contribution >= 0.6 is 0 Å². The van der Waals surface area contributed by atoms with Gasteiger partial charge in [-0.3, -0.25) is 9.59 Å². The fourth-order valence-electron chi connectivity index (χ4n) is 4.35. The first kappa shape index (κ1) is 19.4. The Bertz CT molecular complexity index is 1160. The third-order valence-electron chi connectivity index (χ3n) is 6.09. The van der Waals surface area contributed by atoms with Gasteiger partial charge in [-0.15, -0.1) is 0 Å². The Kier molecular flexibility index (Phi) is 4.75. The molecule has 1 aliphatic carbocycles. The van der Waals surface area contributed by atoms with Gasteiger partial charge >= 0.3 is 0 Å². The summed E-state index contributed by atoms with van der Waals surface area (Å²) in [5.74, 6) is 0.338. The number of ketones is 2. The summed E-state index contributed by atoms with van der Waals surface area (Å²) in [4.78, 5) is 31.3. The Morgan fingerprint density at radius 2 is 1.65 bits per heavy atom. The van der Waals surface area contributed by atoms with E-state index in [0.29, 0.717) is 40.2 Å². The second-order valence-corrected chi connectivity index (χ2v) is 8.03. The van der Waals surface area contributed by atoms with Gasteiger partial charge in [-0.25, -0.2) is 0 Å². The maximum atomic E-state index is 13.4. The monoisotopic (exact) mass is 416 g/mol. The number of rotatable bonds is 4. The molecule has 0 unspecified atom stereocenters. The molecule has 3 aromatic rings. The van der Waals surface area contributed by atoms with Crippen molar-refractivity contribution in [1.82, 2.24) is 4.90 Å². The number of benzene rings is 2. The van der Waals surface area contributed by atoms with E-state index in [1.165, 1.54) is 0 Å². The molecule has 0 radical (unpaired) electrons. The minimum Gasteiger partial charge on any atom is -0.467 e. The minimum absolute atomic E-state index is 0.191. The van der Waals surface area contributed by atoms with Crippen molar-refractivity contribution < 1.29 is 14.0 Å². The lowest BCUT2D eigenvalue weighted by molar-refractivity contribution is 0.0980.